The van der Waals surface area contributed by atoms with Crippen LogP contribution in [0.1, 0.15) is 30.0 Å². The molecule has 0 aliphatic heterocycles. The molecule has 150 valence electrons. The molecule has 0 bridgehead atoms. The summed E-state index contributed by atoms with van der Waals surface area (Å²) in [6.45, 7) is 4.31. The van der Waals surface area contributed by atoms with Crippen molar-refractivity contribution in [1.82, 2.24) is 10.2 Å². The number of nitrogens with one attached hydrogen (secondary N) is 1. The molecule has 2 aromatic rings. The highest BCUT2D eigenvalue weighted by molar-refractivity contribution is 7.99. The van der Waals surface area contributed by atoms with Crippen molar-refractivity contribution in [2.45, 2.75) is 38.6 Å². The van der Waals surface area contributed by atoms with Gasteiger partial charge >= 0.3 is 0 Å². The van der Waals surface area contributed by atoms with E-state index in [-0.39, 0.29) is 23.4 Å². The number of aryl methyl sites for hydroxylation is 1. The Kier molecular flexibility index (Phi) is 8.51. The molecule has 0 aromatic heterocycles. The maximum Gasteiger partial charge on any atom is 0.242 e. The first-order valence-corrected chi connectivity index (χ1v) is 10.5. The number of amides is 2. The molecule has 0 radical (unpaired) electrons. The minimum atomic E-state index is -0.509. The predicted molar refractivity (Wildman–Crippen MR) is 112 cm³/mol. The molecule has 0 saturated heterocycles. The van der Waals surface area contributed by atoms with E-state index in [0.717, 1.165) is 16.7 Å². The summed E-state index contributed by atoms with van der Waals surface area (Å²) in [7, 11) is 1.59. The van der Waals surface area contributed by atoms with Gasteiger partial charge in [0.25, 0.3) is 0 Å². The number of benzene rings is 2. The van der Waals surface area contributed by atoms with Crippen molar-refractivity contribution in [2.24, 2.45) is 0 Å². The van der Waals surface area contributed by atoms with Gasteiger partial charge in [0.15, 0.2) is 0 Å². The molecule has 0 heterocycles. The van der Waals surface area contributed by atoms with Crippen LogP contribution in [-0.2, 0) is 21.9 Å². The highest BCUT2D eigenvalue weighted by Crippen LogP contribution is 2.18. The van der Waals surface area contributed by atoms with E-state index in [2.05, 4.69) is 5.32 Å². The fourth-order valence-corrected chi connectivity index (χ4v) is 3.77. The first-order chi connectivity index (χ1) is 13.4. The fraction of sp³-hybridized carbons (Fsp3) is 0.364. The van der Waals surface area contributed by atoms with Crippen LogP contribution in [0.3, 0.4) is 0 Å². The van der Waals surface area contributed by atoms with Crippen LogP contribution in [0.5, 0.6) is 0 Å². The molecule has 1 N–H and O–H groups in total. The van der Waals surface area contributed by atoms with Gasteiger partial charge in [0, 0.05) is 19.3 Å². The molecule has 1 atom stereocenters. The number of halogens is 1. The lowest BCUT2D eigenvalue weighted by Gasteiger charge is -2.30. The summed E-state index contributed by atoms with van der Waals surface area (Å²) in [5, 5.41) is 2.66. The minimum absolute atomic E-state index is 0.0804. The van der Waals surface area contributed by atoms with Crippen LogP contribution in [-0.4, -0.2) is 35.6 Å². The van der Waals surface area contributed by atoms with Crippen molar-refractivity contribution in [3.8, 4) is 0 Å². The monoisotopic (exact) mass is 402 g/mol. The van der Waals surface area contributed by atoms with Crippen molar-refractivity contribution < 1.29 is 14.0 Å². The molecule has 28 heavy (non-hydrogen) atoms. The maximum absolute atomic E-state index is 13.0. The third-order valence-corrected chi connectivity index (χ3v) is 5.50. The van der Waals surface area contributed by atoms with Gasteiger partial charge in [-0.15, -0.1) is 11.8 Å². The smallest absolute Gasteiger partial charge is 0.242 e. The van der Waals surface area contributed by atoms with Gasteiger partial charge < -0.3 is 10.2 Å². The number of thioether (sulfide) groups is 1. The zero-order valence-corrected chi connectivity index (χ0v) is 17.4. The lowest BCUT2D eigenvalue weighted by atomic mass is 10.1. The molecule has 2 amide bonds. The number of carbonyl (C=O) groups excluding carboxylic acids is 2. The van der Waals surface area contributed by atoms with Gasteiger partial charge in [0.05, 0.1) is 5.75 Å². The van der Waals surface area contributed by atoms with Gasteiger partial charge in [-0.3, -0.25) is 9.59 Å². The molecular weight excluding hydrogens is 375 g/mol. The summed E-state index contributed by atoms with van der Waals surface area (Å²) < 4.78 is 13.0. The Morgan fingerprint density at radius 3 is 2.25 bits per heavy atom. The summed E-state index contributed by atoms with van der Waals surface area (Å²) in [5.41, 5.74) is 3.10. The van der Waals surface area contributed by atoms with Crippen molar-refractivity contribution in [3.05, 3.63) is 71.0 Å². The van der Waals surface area contributed by atoms with E-state index in [0.29, 0.717) is 18.7 Å². The molecule has 2 aromatic carbocycles. The van der Waals surface area contributed by atoms with E-state index in [4.69, 9.17) is 0 Å². The highest BCUT2D eigenvalue weighted by Gasteiger charge is 2.27. The topological polar surface area (TPSA) is 49.4 Å². The standard InChI is InChI=1S/C22H27FN2O2S/c1-4-20(22(27)24-3)25(13-17-7-5-16(2)6-8-17)21(26)15-28-14-18-9-11-19(23)12-10-18/h5-12,20H,4,13-15H2,1-3H3,(H,24,27)/t20-/m0/s1. The van der Waals surface area contributed by atoms with E-state index in [1.165, 1.54) is 23.9 Å². The van der Waals surface area contributed by atoms with Gasteiger partial charge in [-0.05, 0) is 36.6 Å². The van der Waals surface area contributed by atoms with E-state index >= 15 is 0 Å². The third kappa shape index (κ3) is 6.37. The average Bonchev–Trinajstić information content (AvgIpc) is 2.70. The Morgan fingerprint density at radius 2 is 1.68 bits per heavy atom. The SMILES string of the molecule is CC[C@@H](C(=O)NC)N(Cc1ccc(C)cc1)C(=O)CSCc1ccc(F)cc1. The Hall–Kier alpha value is -2.34. The van der Waals surface area contributed by atoms with E-state index in [9.17, 15) is 14.0 Å². The van der Waals surface area contributed by atoms with Crippen LogP contribution in [0.25, 0.3) is 0 Å². The molecule has 0 fully saturated rings. The first-order valence-electron chi connectivity index (χ1n) is 9.33. The number of rotatable bonds is 9. The van der Waals surface area contributed by atoms with Crippen LogP contribution in [0.2, 0.25) is 0 Å². The maximum atomic E-state index is 13.0. The van der Waals surface area contributed by atoms with E-state index < -0.39 is 6.04 Å². The van der Waals surface area contributed by atoms with Gasteiger partial charge in [-0.2, -0.15) is 0 Å². The number of hydrogen-bond donors (Lipinski definition) is 1. The summed E-state index contributed by atoms with van der Waals surface area (Å²) in [5.74, 6) is 0.359. The van der Waals surface area contributed by atoms with E-state index in [1.54, 1.807) is 24.1 Å². The predicted octanol–water partition coefficient (Wildman–Crippen LogP) is 3.92. The lowest BCUT2D eigenvalue weighted by molar-refractivity contribution is -0.139. The molecule has 0 spiro atoms. The van der Waals surface area contributed by atoms with Crippen LogP contribution < -0.4 is 5.32 Å². The Balaban J connectivity index is 2.07. The lowest BCUT2D eigenvalue weighted by Crippen LogP contribution is -2.48. The number of hydrogen-bond acceptors (Lipinski definition) is 3. The second-order valence-corrected chi connectivity index (χ2v) is 7.65. The molecule has 0 unspecified atom stereocenters. The van der Waals surface area contributed by atoms with Gasteiger partial charge in [-0.25, -0.2) is 4.39 Å². The van der Waals surface area contributed by atoms with Gasteiger partial charge in [0.1, 0.15) is 11.9 Å². The minimum Gasteiger partial charge on any atom is -0.357 e. The van der Waals surface area contributed by atoms with Gasteiger partial charge in [0.2, 0.25) is 11.8 Å². The summed E-state index contributed by atoms with van der Waals surface area (Å²) in [6.07, 6.45) is 0.542. The van der Waals surface area contributed by atoms with Crippen LogP contribution in [0.15, 0.2) is 48.5 Å². The molecule has 6 heteroatoms. The van der Waals surface area contributed by atoms with Crippen LogP contribution >= 0.6 is 11.8 Å². The second-order valence-electron chi connectivity index (χ2n) is 6.66. The molecule has 0 aliphatic rings. The van der Waals surface area contributed by atoms with Crippen molar-refractivity contribution in [2.75, 3.05) is 12.8 Å². The van der Waals surface area contributed by atoms with Gasteiger partial charge in [-0.1, -0.05) is 48.9 Å². The molecule has 2 rings (SSSR count). The van der Waals surface area contributed by atoms with E-state index in [1.807, 2.05) is 38.1 Å². The third-order valence-electron chi connectivity index (χ3n) is 4.51. The van der Waals surface area contributed by atoms with Crippen LogP contribution in [0.4, 0.5) is 4.39 Å². The average molecular weight is 403 g/mol. The Morgan fingerprint density at radius 1 is 1.07 bits per heavy atom. The second kappa shape index (κ2) is 10.9. The normalized spacial score (nSPS) is 11.7. The molecule has 0 aliphatic carbocycles. The number of nitrogens with zero attached hydrogens (tertiary/aromatic N) is 1. The molecule has 0 saturated carbocycles. The number of likely N-dealkylation sites (N-methyl/N-ethyl adjacent to an activating group) is 1. The molecular formula is C22H27FN2O2S. The Bertz CT molecular complexity index is 778. The fourth-order valence-electron chi connectivity index (χ4n) is 2.90. The zero-order valence-electron chi connectivity index (χ0n) is 16.6. The largest absolute Gasteiger partial charge is 0.357 e. The first kappa shape index (κ1) is 22.0. The molecule has 4 nitrogen and oxygen atoms in total. The Labute approximate surface area is 170 Å². The van der Waals surface area contributed by atoms with Crippen molar-refractivity contribution in [3.63, 3.8) is 0 Å². The van der Waals surface area contributed by atoms with Crippen molar-refractivity contribution >= 4 is 23.6 Å². The zero-order chi connectivity index (χ0) is 20.5. The highest BCUT2D eigenvalue weighted by atomic mass is 32.2. The number of carbonyl (C=O) groups is 2. The summed E-state index contributed by atoms with van der Waals surface area (Å²) >= 11 is 1.46. The summed E-state index contributed by atoms with van der Waals surface area (Å²) in [6, 6.07) is 13.7. The van der Waals surface area contributed by atoms with Crippen molar-refractivity contribution in [1.29, 1.82) is 0 Å². The summed E-state index contributed by atoms with van der Waals surface area (Å²) in [4.78, 5) is 26.9. The quantitative estimate of drug-likeness (QED) is 0.692. The van der Waals surface area contributed by atoms with Crippen LogP contribution in [0, 0.1) is 12.7 Å².